The van der Waals surface area contributed by atoms with E-state index in [4.69, 9.17) is 27.9 Å². The van der Waals surface area contributed by atoms with Crippen LogP contribution >= 0.6 is 55.1 Å². The van der Waals surface area contributed by atoms with Crippen molar-refractivity contribution < 1.29 is 19.1 Å². The number of rotatable bonds is 8. The van der Waals surface area contributed by atoms with Crippen LogP contribution < -0.4 is 15.4 Å². The SMILES string of the molecule is CCc1ccccc1NC(=O)CN1C(=O)N/C(=C/c2cc(Br)c(OCc3ccc(Cl)c(Cl)c3)c(Br)c2)C1=O. The second-order valence-corrected chi connectivity index (χ2v) is 10.8. The van der Waals surface area contributed by atoms with Gasteiger partial charge >= 0.3 is 6.03 Å². The Balaban J connectivity index is 1.44. The van der Waals surface area contributed by atoms with E-state index in [0.29, 0.717) is 36.0 Å². The third kappa shape index (κ3) is 6.58. The summed E-state index contributed by atoms with van der Waals surface area (Å²) in [5.74, 6) is -0.517. The quantitative estimate of drug-likeness (QED) is 0.195. The molecule has 0 spiro atoms. The van der Waals surface area contributed by atoms with Crippen molar-refractivity contribution >= 4 is 84.7 Å². The Hall–Kier alpha value is -2.85. The first kappa shape index (κ1) is 28.2. The van der Waals surface area contributed by atoms with Gasteiger partial charge in [0.25, 0.3) is 5.91 Å². The summed E-state index contributed by atoms with van der Waals surface area (Å²) in [6.45, 7) is 1.82. The third-order valence-corrected chi connectivity index (χ3v) is 7.55. The molecule has 1 aliphatic heterocycles. The molecule has 1 aliphatic rings. The zero-order valence-corrected chi connectivity index (χ0v) is 24.7. The van der Waals surface area contributed by atoms with Crippen LogP contribution in [0.25, 0.3) is 6.08 Å². The van der Waals surface area contributed by atoms with Crippen LogP contribution in [-0.2, 0) is 22.6 Å². The first-order chi connectivity index (χ1) is 18.2. The van der Waals surface area contributed by atoms with Crippen LogP contribution in [0.4, 0.5) is 10.5 Å². The highest BCUT2D eigenvalue weighted by Crippen LogP contribution is 2.36. The van der Waals surface area contributed by atoms with Crippen molar-refractivity contribution in [2.24, 2.45) is 0 Å². The molecule has 4 rings (SSSR count). The lowest BCUT2D eigenvalue weighted by molar-refractivity contribution is -0.127. The van der Waals surface area contributed by atoms with Crippen LogP contribution in [0.15, 0.2) is 69.2 Å². The highest BCUT2D eigenvalue weighted by atomic mass is 79.9. The molecule has 1 fully saturated rings. The number of amides is 4. The van der Waals surface area contributed by atoms with E-state index in [1.165, 1.54) is 6.08 Å². The van der Waals surface area contributed by atoms with Crippen LogP contribution in [0.3, 0.4) is 0 Å². The second kappa shape index (κ2) is 12.3. The Kier molecular flexibility index (Phi) is 9.15. The summed E-state index contributed by atoms with van der Waals surface area (Å²) in [5.41, 5.74) is 3.13. The molecule has 4 amide bonds. The van der Waals surface area contributed by atoms with Gasteiger partial charge in [-0.2, -0.15) is 0 Å². The van der Waals surface area contributed by atoms with Crippen LogP contribution in [-0.4, -0.2) is 29.3 Å². The van der Waals surface area contributed by atoms with Crippen molar-refractivity contribution in [1.82, 2.24) is 10.2 Å². The first-order valence-electron chi connectivity index (χ1n) is 11.4. The number of carbonyl (C=O) groups excluding carboxylic acids is 3. The number of carbonyl (C=O) groups is 3. The summed E-state index contributed by atoms with van der Waals surface area (Å²) >= 11 is 19.0. The maximum atomic E-state index is 12.9. The second-order valence-electron chi connectivity index (χ2n) is 8.29. The minimum absolute atomic E-state index is 0.0556. The topological polar surface area (TPSA) is 87.7 Å². The Bertz CT molecular complexity index is 1440. The van der Waals surface area contributed by atoms with E-state index in [-0.39, 0.29) is 12.3 Å². The maximum absolute atomic E-state index is 12.9. The van der Waals surface area contributed by atoms with Gasteiger partial charge in [-0.15, -0.1) is 0 Å². The lowest BCUT2D eigenvalue weighted by atomic mass is 10.1. The van der Waals surface area contributed by atoms with Gasteiger partial charge in [-0.3, -0.25) is 9.59 Å². The number of anilines is 1. The Morgan fingerprint density at radius 1 is 1.05 bits per heavy atom. The van der Waals surface area contributed by atoms with Gasteiger partial charge in [0.1, 0.15) is 24.6 Å². The zero-order valence-electron chi connectivity index (χ0n) is 20.0. The molecule has 0 aromatic heterocycles. The van der Waals surface area contributed by atoms with E-state index in [1.54, 1.807) is 30.3 Å². The summed E-state index contributed by atoms with van der Waals surface area (Å²) in [6.07, 6.45) is 2.26. The molecule has 11 heteroatoms. The summed E-state index contributed by atoms with van der Waals surface area (Å²) in [4.78, 5) is 38.8. The third-order valence-electron chi connectivity index (χ3n) is 5.64. The fourth-order valence-corrected chi connectivity index (χ4v) is 5.52. The molecule has 1 saturated heterocycles. The molecule has 2 N–H and O–H groups in total. The van der Waals surface area contributed by atoms with Gasteiger partial charge in [0.15, 0.2) is 0 Å². The van der Waals surface area contributed by atoms with Crippen molar-refractivity contribution in [2.45, 2.75) is 20.0 Å². The molecule has 0 aliphatic carbocycles. The fourth-order valence-electron chi connectivity index (χ4n) is 3.75. The number of imide groups is 1. The average Bonchev–Trinajstić information content (AvgIpc) is 3.13. The summed E-state index contributed by atoms with van der Waals surface area (Å²) in [5, 5.41) is 6.21. The molecule has 38 heavy (non-hydrogen) atoms. The van der Waals surface area contributed by atoms with E-state index >= 15 is 0 Å². The molecule has 0 saturated carbocycles. The smallest absolute Gasteiger partial charge is 0.329 e. The van der Waals surface area contributed by atoms with E-state index < -0.39 is 24.4 Å². The number of ether oxygens (including phenoxy) is 1. The molecule has 0 bridgehead atoms. The van der Waals surface area contributed by atoms with Crippen molar-refractivity contribution in [1.29, 1.82) is 0 Å². The standard InChI is InChI=1S/C27H21Br2Cl2N3O4/c1-2-17-5-3-4-6-22(17)32-24(35)13-34-26(36)23(33-27(34)37)12-16-9-18(28)25(19(29)10-16)38-14-15-7-8-20(30)21(31)11-15/h3-12H,2,13-14H2,1H3,(H,32,35)(H,33,37)/b23-12+. The lowest BCUT2D eigenvalue weighted by Crippen LogP contribution is -2.38. The molecule has 3 aromatic carbocycles. The highest BCUT2D eigenvalue weighted by molar-refractivity contribution is 9.11. The molecular formula is C27H21Br2Cl2N3O4. The summed E-state index contributed by atoms with van der Waals surface area (Å²) in [6, 6.07) is 15.5. The van der Waals surface area contributed by atoms with Gasteiger partial charge in [0.2, 0.25) is 5.91 Å². The van der Waals surface area contributed by atoms with Gasteiger partial charge < -0.3 is 15.4 Å². The molecule has 7 nitrogen and oxygen atoms in total. The monoisotopic (exact) mass is 679 g/mol. The van der Waals surface area contributed by atoms with Gasteiger partial charge in [-0.1, -0.05) is 54.4 Å². The number of urea groups is 1. The predicted molar refractivity (Wildman–Crippen MR) is 155 cm³/mol. The largest absolute Gasteiger partial charge is 0.487 e. The van der Waals surface area contributed by atoms with Crippen LogP contribution in [0.5, 0.6) is 5.75 Å². The number of para-hydroxylation sites is 1. The van der Waals surface area contributed by atoms with Crippen molar-refractivity contribution in [3.63, 3.8) is 0 Å². The van der Waals surface area contributed by atoms with Gasteiger partial charge in [0.05, 0.1) is 19.0 Å². The fraction of sp³-hybridized carbons (Fsp3) is 0.148. The minimum Gasteiger partial charge on any atom is -0.487 e. The average molecular weight is 682 g/mol. The molecule has 0 unspecified atom stereocenters. The van der Waals surface area contributed by atoms with E-state index in [2.05, 4.69) is 42.5 Å². The van der Waals surface area contributed by atoms with Crippen LogP contribution in [0.2, 0.25) is 10.0 Å². The highest BCUT2D eigenvalue weighted by Gasteiger charge is 2.35. The van der Waals surface area contributed by atoms with E-state index in [0.717, 1.165) is 22.4 Å². The summed E-state index contributed by atoms with van der Waals surface area (Å²) < 4.78 is 7.18. The predicted octanol–water partition coefficient (Wildman–Crippen LogP) is 7.19. The van der Waals surface area contributed by atoms with E-state index in [9.17, 15) is 14.4 Å². The van der Waals surface area contributed by atoms with Crippen molar-refractivity contribution in [3.8, 4) is 5.75 Å². The number of nitrogens with zero attached hydrogens (tertiary/aromatic N) is 1. The molecule has 3 aromatic rings. The first-order valence-corrected chi connectivity index (χ1v) is 13.8. The summed E-state index contributed by atoms with van der Waals surface area (Å²) in [7, 11) is 0. The number of benzene rings is 3. The normalized spacial score (nSPS) is 14.1. The lowest BCUT2D eigenvalue weighted by Gasteiger charge is -2.13. The Morgan fingerprint density at radius 2 is 1.76 bits per heavy atom. The zero-order chi connectivity index (χ0) is 27.4. The molecular weight excluding hydrogens is 661 g/mol. The number of nitrogens with one attached hydrogen (secondary N) is 2. The minimum atomic E-state index is -0.667. The van der Waals surface area contributed by atoms with Gasteiger partial charge in [0, 0.05) is 5.69 Å². The number of hydrogen-bond donors (Lipinski definition) is 2. The molecule has 0 atom stereocenters. The molecule has 0 radical (unpaired) electrons. The van der Waals surface area contributed by atoms with Crippen LogP contribution in [0, 0.1) is 0 Å². The number of halogens is 4. The number of hydrogen-bond acceptors (Lipinski definition) is 4. The Morgan fingerprint density at radius 3 is 2.45 bits per heavy atom. The van der Waals surface area contributed by atoms with Gasteiger partial charge in [-0.25, -0.2) is 9.69 Å². The van der Waals surface area contributed by atoms with E-state index in [1.807, 2.05) is 31.2 Å². The van der Waals surface area contributed by atoms with Crippen molar-refractivity contribution in [3.05, 3.63) is 96.0 Å². The molecule has 1 heterocycles. The molecule has 196 valence electrons. The van der Waals surface area contributed by atoms with Crippen molar-refractivity contribution in [2.75, 3.05) is 11.9 Å². The maximum Gasteiger partial charge on any atom is 0.329 e. The van der Waals surface area contributed by atoms with Gasteiger partial charge in [-0.05, 0) is 91.4 Å². The van der Waals surface area contributed by atoms with Crippen LogP contribution in [0.1, 0.15) is 23.6 Å². The Labute approximate surface area is 246 Å². The number of aryl methyl sites for hydroxylation is 1.